The molecule has 2 aliphatic heterocycles. The first-order chi connectivity index (χ1) is 10.3. The van der Waals surface area contributed by atoms with Gasteiger partial charge in [0.2, 0.25) is 5.91 Å². The molecule has 0 N–H and O–H groups in total. The highest BCUT2D eigenvalue weighted by atomic mass is 16.3. The minimum atomic E-state index is 0.196. The van der Waals surface area contributed by atoms with Crippen molar-refractivity contribution in [1.29, 1.82) is 0 Å². The molecule has 0 bridgehead atoms. The van der Waals surface area contributed by atoms with E-state index >= 15 is 0 Å². The third-order valence-corrected chi connectivity index (χ3v) is 4.47. The molecule has 2 aromatic rings. The number of aromatic nitrogens is 1. The van der Waals surface area contributed by atoms with Crippen LogP contribution in [0.1, 0.15) is 18.6 Å². The summed E-state index contributed by atoms with van der Waals surface area (Å²) in [5.41, 5.74) is 0.912. The van der Waals surface area contributed by atoms with Crippen molar-refractivity contribution in [3.05, 3.63) is 48.7 Å². The van der Waals surface area contributed by atoms with Crippen LogP contribution in [0.25, 0.3) is 0 Å². The van der Waals surface area contributed by atoms with Gasteiger partial charge in [-0.25, -0.2) is 0 Å². The number of pyridine rings is 1. The maximum Gasteiger partial charge on any atom is 0.229 e. The first kappa shape index (κ1) is 12.6. The van der Waals surface area contributed by atoms with Gasteiger partial charge in [-0.05, 0) is 30.7 Å². The Labute approximate surface area is 123 Å². The van der Waals surface area contributed by atoms with Crippen molar-refractivity contribution < 1.29 is 9.21 Å². The molecule has 1 amide bonds. The van der Waals surface area contributed by atoms with Crippen LogP contribution in [-0.2, 0) is 11.3 Å². The van der Waals surface area contributed by atoms with Crippen LogP contribution >= 0.6 is 0 Å². The summed E-state index contributed by atoms with van der Waals surface area (Å²) in [6, 6.07) is 8.28. The van der Waals surface area contributed by atoms with Crippen LogP contribution in [0.15, 0.2) is 47.3 Å². The summed E-state index contributed by atoms with van der Waals surface area (Å²) in [5.74, 6) is 1.16. The van der Waals surface area contributed by atoms with Gasteiger partial charge in [0.15, 0.2) is 0 Å². The highest BCUT2D eigenvalue weighted by molar-refractivity contribution is 5.97. The molecule has 4 rings (SSSR count). The second kappa shape index (κ2) is 5.00. The molecule has 2 aromatic heterocycles. The molecule has 21 heavy (non-hydrogen) atoms. The number of carbonyl (C=O) groups excluding carboxylic acids is 1. The number of hydrogen-bond acceptors (Lipinski definition) is 4. The van der Waals surface area contributed by atoms with E-state index < -0.39 is 0 Å². The highest BCUT2D eigenvalue weighted by Gasteiger charge is 2.47. The Kier molecular flexibility index (Phi) is 3.00. The second-order valence-corrected chi connectivity index (χ2v) is 5.65. The molecular formula is C16H17N3O2. The van der Waals surface area contributed by atoms with Gasteiger partial charge in [-0.15, -0.1) is 0 Å². The Hall–Kier alpha value is -2.14. The van der Waals surface area contributed by atoms with Crippen LogP contribution in [0.2, 0.25) is 0 Å². The van der Waals surface area contributed by atoms with Crippen molar-refractivity contribution in [3.63, 3.8) is 0 Å². The number of carbonyl (C=O) groups is 1. The number of hydrogen-bond donors (Lipinski definition) is 0. The van der Waals surface area contributed by atoms with Crippen LogP contribution in [-0.4, -0.2) is 34.4 Å². The molecule has 108 valence electrons. The maximum absolute atomic E-state index is 12.4. The van der Waals surface area contributed by atoms with Gasteiger partial charge in [-0.1, -0.05) is 0 Å². The van der Waals surface area contributed by atoms with Crippen molar-refractivity contribution in [2.45, 2.75) is 31.5 Å². The molecule has 0 aliphatic carbocycles. The van der Waals surface area contributed by atoms with E-state index in [1.165, 1.54) is 0 Å². The fourth-order valence-electron chi connectivity index (χ4n) is 3.56. The predicted molar refractivity (Wildman–Crippen MR) is 77.7 cm³/mol. The normalized spacial score (nSPS) is 25.5. The van der Waals surface area contributed by atoms with Crippen LogP contribution in [0.3, 0.4) is 0 Å². The average Bonchev–Trinajstić information content (AvgIpc) is 3.19. The lowest BCUT2D eigenvalue weighted by Gasteiger charge is -2.24. The molecule has 2 aliphatic rings. The molecule has 4 heterocycles. The van der Waals surface area contributed by atoms with Gasteiger partial charge in [0, 0.05) is 25.2 Å². The molecule has 2 atom stereocenters. The lowest BCUT2D eigenvalue weighted by molar-refractivity contribution is -0.117. The predicted octanol–water partition coefficient (Wildman–Crippen LogP) is 2.05. The third-order valence-electron chi connectivity index (χ3n) is 4.47. The summed E-state index contributed by atoms with van der Waals surface area (Å²) in [6.45, 7) is 1.78. The summed E-state index contributed by atoms with van der Waals surface area (Å²) < 4.78 is 5.43. The smallest absolute Gasteiger partial charge is 0.229 e. The Balaban J connectivity index is 1.55. The number of furan rings is 1. The average molecular weight is 283 g/mol. The van der Waals surface area contributed by atoms with Crippen molar-refractivity contribution in [1.82, 2.24) is 9.88 Å². The van der Waals surface area contributed by atoms with Gasteiger partial charge in [0.25, 0.3) is 0 Å². The second-order valence-electron chi connectivity index (χ2n) is 5.65. The van der Waals surface area contributed by atoms with Gasteiger partial charge in [-0.3, -0.25) is 14.7 Å². The van der Waals surface area contributed by atoms with Crippen molar-refractivity contribution in [2.75, 3.05) is 11.4 Å². The van der Waals surface area contributed by atoms with Gasteiger partial charge >= 0.3 is 0 Å². The zero-order valence-corrected chi connectivity index (χ0v) is 11.7. The minimum Gasteiger partial charge on any atom is -0.468 e. The Morgan fingerprint density at radius 1 is 1.29 bits per heavy atom. The molecule has 0 radical (unpaired) electrons. The monoisotopic (exact) mass is 283 g/mol. The summed E-state index contributed by atoms with van der Waals surface area (Å²) in [6.07, 6.45) is 6.80. The molecule has 2 saturated heterocycles. The summed E-state index contributed by atoms with van der Waals surface area (Å²) >= 11 is 0. The van der Waals surface area contributed by atoms with E-state index in [-0.39, 0.29) is 18.0 Å². The van der Waals surface area contributed by atoms with Crippen LogP contribution < -0.4 is 4.90 Å². The molecule has 0 spiro atoms. The van der Waals surface area contributed by atoms with E-state index in [0.717, 1.165) is 31.0 Å². The van der Waals surface area contributed by atoms with Gasteiger partial charge in [0.1, 0.15) is 5.76 Å². The Morgan fingerprint density at radius 2 is 2.24 bits per heavy atom. The van der Waals surface area contributed by atoms with E-state index in [1.54, 1.807) is 18.7 Å². The molecule has 0 aromatic carbocycles. The number of likely N-dealkylation sites (tertiary alicyclic amines) is 1. The number of fused-ring (bicyclic) bond motifs is 1. The fourth-order valence-corrected chi connectivity index (χ4v) is 3.56. The molecule has 2 fully saturated rings. The zero-order chi connectivity index (χ0) is 14.2. The van der Waals surface area contributed by atoms with Crippen molar-refractivity contribution >= 4 is 11.6 Å². The Bertz CT molecular complexity index is 626. The number of amides is 1. The third kappa shape index (κ3) is 2.14. The van der Waals surface area contributed by atoms with Crippen molar-refractivity contribution in [3.8, 4) is 0 Å². The minimum absolute atomic E-state index is 0.196. The van der Waals surface area contributed by atoms with E-state index in [9.17, 15) is 4.79 Å². The summed E-state index contributed by atoms with van der Waals surface area (Å²) in [5, 5.41) is 0. The van der Waals surface area contributed by atoms with Crippen LogP contribution in [0.5, 0.6) is 0 Å². The Morgan fingerprint density at radius 3 is 3.00 bits per heavy atom. The topological polar surface area (TPSA) is 49.6 Å². The van der Waals surface area contributed by atoms with Crippen molar-refractivity contribution in [2.24, 2.45) is 0 Å². The van der Waals surface area contributed by atoms with E-state index in [2.05, 4.69) is 9.88 Å². The first-order valence-corrected chi connectivity index (χ1v) is 7.31. The lowest BCUT2D eigenvalue weighted by atomic mass is 10.1. The summed E-state index contributed by atoms with van der Waals surface area (Å²) in [4.78, 5) is 20.8. The lowest BCUT2D eigenvalue weighted by Crippen LogP contribution is -2.37. The van der Waals surface area contributed by atoms with Gasteiger partial charge in [0.05, 0.1) is 30.7 Å². The van der Waals surface area contributed by atoms with Crippen LogP contribution in [0.4, 0.5) is 5.69 Å². The van der Waals surface area contributed by atoms with Crippen LogP contribution in [0, 0.1) is 0 Å². The largest absolute Gasteiger partial charge is 0.468 e. The quantitative estimate of drug-likeness (QED) is 0.865. The van der Waals surface area contributed by atoms with Gasteiger partial charge in [-0.2, -0.15) is 0 Å². The number of nitrogens with zero attached hydrogens (tertiary/aromatic N) is 3. The maximum atomic E-state index is 12.4. The standard InChI is InChI=1S/C16H17N3O2/c20-16-9-15-14(19(16)12-3-1-6-17-10-12)5-7-18(15)11-13-4-2-8-21-13/h1-4,6,8,10,14-15H,5,7,9,11H2/t14-,15+/m0/s1. The number of rotatable bonds is 3. The molecule has 0 saturated carbocycles. The first-order valence-electron chi connectivity index (χ1n) is 7.31. The van der Waals surface area contributed by atoms with Gasteiger partial charge < -0.3 is 9.32 Å². The SMILES string of the molecule is O=C1C[C@@H]2[C@H](CCN2Cc2ccco2)N1c1cccnc1. The van der Waals surface area contributed by atoms with E-state index in [1.807, 2.05) is 29.2 Å². The number of anilines is 1. The van der Waals surface area contributed by atoms with E-state index in [4.69, 9.17) is 4.42 Å². The molecule has 5 nitrogen and oxygen atoms in total. The molecule has 5 heteroatoms. The molecule has 0 unspecified atom stereocenters. The molecular weight excluding hydrogens is 266 g/mol. The summed E-state index contributed by atoms with van der Waals surface area (Å²) in [7, 11) is 0. The fraction of sp³-hybridized carbons (Fsp3) is 0.375. The highest BCUT2D eigenvalue weighted by Crippen LogP contribution is 2.36. The van der Waals surface area contributed by atoms with E-state index in [0.29, 0.717) is 6.42 Å². The zero-order valence-electron chi connectivity index (χ0n) is 11.7.